The van der Waals surface area contributed by atoms with E-state index in [1.165, 1.54) is 16.7 Å². The second-order valence-corrected chi connectivity index (χ2v) is 6.03. The van der Waals surface area contributed by atoms with E-state index in [9.17, 15) is 9.59 Å². The van der Waals surface area contributed by atoms with Gasteiger partial charge in [-0.3, -0.25) is 9.59 Å². The number of pyridine rings is 1. The molecule has 0 bridgehead atoms. The Hall–Kier alpha value is -3.34. The number of rotatable bonds is 5. The third kappa shape index (κ3) is 4.00. The molecule has 5 nitrogen and oxygen atoms in total. The number of nitrogens with one attached hydrogen (secondary N) is 1. The van der Waals surface area contributed by atoms with Crippen molar-refractivity contribution in [3.8, 4) is 5.75 Å². The summed E-state index contributed by atoms with van der Waals surface area (Å²) in [5, 5.41) is 2.82. The first-order chi connectivity index (χ1) is 12.6. The van der Waals surface area contributed by atoms with Gasteiger partial charge in [-0.2, -0.15) is 0 Å². The van der Waals surface area contributed by atoms with Crippen LogP contribution in [0, 0.1) is 6.92 Å². The molecule has 0 aliphatic rings. The van der Waals surface area contributed by atoms with Gasteiger partial charge in [0.2, 0.25) is 0 Å². The zero-order chi connectivity index (χ0) is 18.5. The van der Waals surface area contributed by atoms with Gasteiger partial charge >= 0.3 is 0 Å². The van der Waals surface area contributed by atoms with Crippen LogP contribution >= 0.6 is 0 Å². The van der Waals surface area contributed by atoms with E-state index < -0.39 is 0 Å². The van der Waals surface area contributed by atoms with Gasteiger partial charge in [-0.15, -0.1) is 0 Å². The fourth-order valence-corrected chi connectivity index (χ4v) is 2.74. The van der Waals surface area contributed by atoms with E-state index in [0.717, 1.165) is 11.1 Å². The van der Waals surface area contributed by atoms with E-state index in [1.54, 1.807) is 25.4 Å². The summed E-state index contributed by atoms with van der Waals surface area (Å²) in [6.07, 6.45) is 1.58. The number of hydrogen-bond acceptors (Lipinski definition) is 3. The number of methoxy groups -OCH3 is 1. The van der Waals surface area contributed by atoms with Gasteiger partial charge in [0.25, 0.3) is 11.5 Å². The number of aromatic nitrogens is 1. The normalized spacial score (nSPS) is 10.4. The highest BCUT2D eigenvalue weighted by Gasteiger charge is 2.11. The van der Waals surface area contributed by atoms with Gasteiger partial charge in [-0.25, -0.2) is 0 Å². The van der Waals surface area contributed by atoms with Crippen molar-refractivity contribution >= 4 is 11.6 Å². The largest absolute Gasteiger partial charge is 0.495 e. The van der Waals surface area contributed by atoms with E-state index in [1.807, 2.05) is 43.3 Å². The third-order valence-corrected chi connectivity index (χ3v) is 4.04. The van der Waals surface area contributed by atoms with Gasteiger partial charge in [-0.1, -0.05) is 42.0 Å². The Morgan fingerprint density at radius 2 is 1.88 bits per heavy atom. The summed E-state index contributed by atoms with van der Waals surface area (Å²) in [5.74, 6) is 0.279. The maximum Gasteiger partial charge on any atom is 0.257 e. The zero-order valence-electron chi connectivity index (χ0n) is 14.7. The lowest BCUT2D eigenvalue weighted by atomic mass is 10.1. The molecule has 5 heteroatoms. The lowest BCUT2D eigenvalue weighted by molar-refractivity contribution is 0.102. The molecule has 0 saturated heterocycles. The standard InChI is InChI=1S/C21H20N2O3/c1-15-6-5-7-16(12-15)13-23-14-17(10-11-20(23)24)21(25)22-18-8-3-4-9-19(18)26-2/h3-12,14H,13H2,1-2H3,(H,22,25). The summed E-state index contributed by atoms with van der Waals surface area (Å²) in [6.45, 7) is 2.42. The van der Waals surface area contributed by atoms with E-state index in [4.69, 9.17) is 4.74 Å². The Bertz CT molecular complexity index is 992. The number of amides is 1. The minimum Gasteiger partial charge on any atom is -0.495 e. The summed E-state index contributed by atoms with van der Waals surface area (Å²) in [7, 11) is 1.55. The first kappa shape index (κ1) is 17.5. The van der Waals surface area contributed by atoms with Crippen LogP contribution in [-0.2, 0) is 6.54 Å². The Kier molecular flexibility index (Phi) is 5.17. The van der Waals surface area contributed by atoms with Crippen LogP contribution in [0.5, 0.6) is 5.75 Å². The fourth-order valence-electron chi connectivity index (χ4n) is 2.74. The second-order valence-electron chi connectivity index (χ2n) is 6.03. The highest BCUT2D eigenvalue weighted by atomic mass is 16.5. The average molecular weight is 348 g/mol. The molecule has 0 fully saturated rings. The maximum absolute atomic E-state index is 12.6. The van der Waals surface area contributed by atoms with Gasteiger partial charge in [0.05, 0.1) is 24.9 Å². The molecule has 0 aliphatic carbocycles. The molecule has 26 heavy (non-hydrogen) atoms. The highest BCUT2D eigenvalue weighted by molar-refractivity contribution is 6.04. The molecular weight excluding hydrogens is 328 g/mol. The van der Waals surface area contributed by atoms with Crippen LogP contribution in [0.1, 0.15) is 21.5 Å². The van der Waals surface area contributed by atoms with Crippen LogP contribution in [0.2, 0.25) is 0 Å². The number of carbonyl (C=O) groups excluding carboxylic acids is 1. The van der Waals surface area contributed by atoms with Gasteiger partial charge < -0.3 is 14.6 Å². The van der Waals surface area contributed by atoms with Gasteiger partial charge in [-0.05, 0) is 30.7 Å². The smallest absolute Gasteiger partial charge is 0.257 e. The molecular formula is C21H20N2O3. The van der Waals surface area contributed by atoms with E-state index in [-0.39, 0.29) is 11.5 Å². The molecule has 0 spiro atoms. The molecule has 3 aromatic rings. The van der Waals surface area contributed by atoms with Crippen LogP contribution < -0.4 is 15.6 Å². The van der Waals surface area contributed by atoms with Crippen LogP contribution in [0.3, 0.4) is 0 Å². The number of ether oxygens (including phenoxy) is 1. The molecule has 0 atom stereocenters. The van der Waals surface area contributed by atoms with Gasteiger partial charge in [0, 0.05) is 12.3 Å². The Balaban J connectivity index is 1.84. The minimum atomic E-state index is -0.299. The Labute approximate surface area is 151 Å². The molecule has 0 radical (unpaired) electrons. The van der Waals surface area contributed by atoms with Crippen molar-refractivity contribution in [3.05, 3.63) is 93.9 Å². The fraction of sp³-hybridized carbons (Fsp3) is 0.143. The predicted octanol–water partition coefficient (Wildman–Crippen LogP) is 3.47. The molecule has 1 amide bonds. The topological polar surface area (TPSA) is 60.3 Å². The number of nitrogens with zero attached hydrogens (tertiary/aromatic N) is 1. The summed E-state index contributed by atoms with van der Waals surface area (Å²) in [6, 6.07) is 18.1. The molecule has 1 aromatic heterocycles. The van der Waals surface area contributed by atoms with Crippen molar-refractivity contribution < 1.29 is 9.53 Å². The van der Waals surface area contributed by atoms with Crippen LogP contribution in [0.25, 0.3) is 0 Å². The summed E-state index contributed by atoms with van der Waals surface area (Å²) in [5.41, 5.74) is 2.97. The lowest BCUT2D eigenvalue weighted by Gasteiger charge is -2.11. The molecule has 0 saturated carbocycles. The lowest BCUT2D eigenvalue weighted by Crippen LogP contribution is -2.22. The number of benzene rings is 2. The van der Waals surface area contributed by atoms with Crippen LogP contribution in [0.4, 0.5) is 5.69 Å². The van der Waals surface area contributed by atoms with E-state index in [0.29, 0.717) is 23.5 Å². The predicted molar refractivity (Wildman–Crippen MR) is 102 cm³/mol. The van der Waals surface area contributed by atoms with Crippen LogP contribution in [0.15, 0.2) is 71.7 Å². The number of aryl methyl sites for hydroxylation is 1. The van der Waals surface area contributed by atoms with E-state index in [2.05, 4.69) is 5.32 Å². The second kappa shape index (κ2) is 7.70. The van der Waals surface area contributed by atoms with Crippen molar-refractivity contribution in [2.75, 3.05) is 12.4 Å². The average Bonchev–Trinajstić information content (AvgIpc) is 2.64. The number of hydrogen-bond donors (Lipinski definition) is 1. The molecule has 2 aromatic carbocycles. The highest BCUT2D eigenvalue weighted by Crippen LogP contribution is 2.23. The summed E-state index contributed by atoms with van der Waals surface area (Å²) in [4.78, 5) is 24.7. The van der Waals surface area contributed by atoms with Gasteiger partial charge in [0.15, 0.2) is 0 Å². The molecule has 1 N–H and O–H groups in total. The van der Waals surface area contributed by atoms with Crippen molar-refractivity contribution in [3.63, 3.8) is 0 Å². The molecule has 0 aliphatic heterocycles. The van der Waals surface area contributed by atoms with Gasteiger partial charge in [0.1, 0.15) is 5.75 Å². The Morgan fingerprint density at radius 3 is 2.65 bits per heavy atom. The Morgan fingerprint density at radius 1 is 1.08 bits per heavy atom. The SMILES string of the molecule is COc1ccccc1NC(=O)c1ccc(=O)n(Cc2cccc(C)c2)c1. The summed E-state index contributed by atoms with van der Waals surface area (Å²) < 4.78 is 6.78. The molecule has 0 unspecified atom stereocenters. The first-order valence-electron chi connectivity index (χ1n) is 8.27. The van der Waals surface area contributed by atoms with Crippen molar-refractivity contribution in [2.24, 2.45) is 0 Å². The number of carbonyl (C=O) groups is 1. The van der Waals surface area contributed by atoms with Crippen LogP contribution in [-0.4, -0.2) is 17.6 Å². The maximum atomic E-state index is 12.6. The molecule has 1 heterocycles. The number of para-hydroxylation sites is 2. The van der Waals surface area contributed by atoms with Crippen molar-refractivity contribution in [1.82, 2.24) is 4.57 Å². The monoisotopic (exact) mass is 348 g/mol. The number of anilines is 1. The third-order valence-electron chi connectivity index (χ3n) is 4.04. The first-order valence-corrected chi connectivity index (χ1v) is 8.27. The minimum absolute atomic E-state index is 0.152. The van der Waals surface area contributed by atoms with E-state index >= 15 is 0 Å². The van der Waals surface area contributed by atoms with Crippen molar-refractivity contribution in [2.45, 2.75) is 13.5 Å². The molecule has 3 rings (SSSR count). The summed E-state index contributed by atoms with van der Waals surface area (Å²) >= 11 is 0. The van der Waals surface area contributed by atoms with Crippen molar-refractivity contribution in [1.29, 1.82) is 0 Å². The quantitative estimate of drug-likeness (QED) is 0.768. The zero-order valence-corrected chi connectivity index (χ0v) is 14.7. The molecule has 132 valence electrons.